The summed E-state index contributed by atoms with van der Waals surface area (Å²) in [7, 11) is 1.81. The van der Waals surface area contributed by atoms with Crippen molar-refractivity contribution in [2.24, 2.45) is 15.8 Å². The second-order valence-electron chi connectivity index (χ2n) is 5.92. The molecule has 0 aromatic heterocycles. The van der Waals surface area contributed by atoms with Crippen LogP contribution in [0, 0.1) is 10.8 Å². The first-order valence-corrected chi connectivity index (χ1v) is 5.44. The maximum absolute atomic E-state index is 4.15. The molecule has 0 N–H and O–H groups in total. The SMILES string of the molecule is C=C/C(=C(\C=NC)C(C)(C)C)C(C)(C)C. The molecule has 1 nitrogen and oxygen atoms in total. The van der Waals surface area contributed by atoms with Gasteiger partial charge in [-0.15, -0.1) is 0 Å². The second-order valence-corrected chi connectivity index (χ2v) is 5.92. The van der Waals surface area contributed by atoms with Crippen LogP contribution in [0.2, 0.25) is 0 Å². The summed E-state index contributed by atoms with van der Waals surface area (Å²) in [6, 6.07) is 0. The van der Waals surface area contributed by atoms with Crippen LogP contribution in [-0.4, -0.2) is 13.3 Å². The van der Waals surface area contributed by atoms with Crippen molar-refractivity contribution in [3.63, 3.8) is 0 Å². The summed E-state index contributed by atoms with van der Waals surface area (Å²) in [5, 5.41) is 0. The standard InChI is InChI=1S/C14H25N/c1-9-11(13(2,3)4)12(10-15-8)14(5,6)7/h9-10H,1H2,2-8H3/b12-11-,15-10?. The van der Waals surface area contributed by atoms with E-state index >= 15 is 0 Å². The highest BCUT2D eigenvalue weighted by molar-refractivity contribution is 5.82. The van der Waals surface area contributed by atoms with E-state index in [9.17, 15) is 0 Å². The van der Waals surface area contributed by atoms with Crippen molar-refractivity contribution in [1.29, 1.82) is 0 Å². The third-order valence-corrected chi connectivity index (χ3v) is 2.37. The van der Waals surface area contributed by atoms with E-state index in [-0.39, 0.29) is 10.8 Å². The van der Waals surface area contributed by atoms with Gasteiger partial charge in [0.25, 0.3) is 0 Å². The van der Waals surface area contributed by atoms with Gasteiger partial charge in [-0.2, -0.15) is 0 Å². The lowest BCUT2D eigenvalue weighted by Crippen LogP contribution is -2.19. The highest BCUT2D eigenvalue weighted by atomic mass is 14.6. The quantitative estimate of drug-likeness (QED) is 0.474. The summed E-state index contributed by atoms with van der Waals surface area (Å²) in [5.41, 5.74) is 2.77. The van der Waals surface area contributed by atoms with Gasteiger partial charge >= 0.3 is 0 Å². The number of hydrogen-bond acceptors (Lipinski definition) is 1. The highest BCUT2D eigenvalue weighted by Crippen LogP contribution is 2.35. The third kappa shape index (κ3) is 4.03. The fourth-order valence-corrected chi connectivity index (χ4v) is 1.62. The molecule has 0 aliphatic heterocycles. The van der Waals surface area contributed by atoms with Crippen molar-refractivity contribution < 1.29 is 0 Å². The Hall–Kier alpha value is -0.850. The predicted molar refractivity (Wildman–Crippen MR) is 70.5 cm³/mol. The second kappa shape index (κ2) is 4.78. The van der Waals surface area contributed by atoms with E-state index in [2.05, 4.69) is 53.1 Å². The molecule has 0 aromatic carbocycles. The zero-order valence-electron chi connectivity index (χ0n) is 11.3. The summed E-state index contributed by atoms with van der Waals surface area (Å²) >= 11 is 0. The Morgan fingerprint density at radius 3 is 1.53 bits per heavy atom. The number of rotatable bonds is 2. The lowest BCUT2D eigenvalue weighted by Gasteiger charge is -2.29. The minimum absolute atomic E-state index is 0.107. The molecule has 0 saturated carbocycles. The Morgan fingerprint density at radius 1 is 0.933 bits per heavy atom. The van der Waals surface area contributed by atoms with Gasteiger partial charge in [0, 0.05) is 13.3 Å². The van der Waals surface area contributed by atoms with Gasteiger partial charge in [-0.25, -0.2) is 0 Å². The predicted octanol–water partition coefficient (Wildman–Crippen LogP) is 4.26. The summed E-state index contributed by atoms with van der Waals surface area (Å²) in [4.78, 5) is 4.15. The van der Waals surface area contributed by atoms with Crippen molar-refractivity contribution in [3.8, 4) is 0 Å². The van der Waals surface area contributed by atoms with Gasteiger partial charge in [-0.05, 0) is 22.0 Å². The van der Waals surface area contributed by atoms with Gasteiger partial charge in [0.1, 0.15) is 0 Å². The molecule has 0 radical (unpaired) electrons. The Bertz CT molecular complexity index is 279. The van der Waals surface area contributed by atoms with Gasteiger partial charge in [-0.1, -0.05) is 54.2 Å². The minimum Gasteiger partial charge on any atom is -0.296 e. The van der Waals surface area contributed by atoms with E-state index in [0.717, 1.165) is 0 Å². The van der Waals surface area contributed by atoms with Gasteiger partial charge in [0.05, 0.1) is 0 Å². The number of hydrogen-bond donors (Lipinski definition) is 0. The summed E-state index contributed by atoms with van der Waals surface area (Å²) in [5.74, 6) is 0. The van der Waals surface area contributed by atoms with Crippen molar-refractivity contribution in [1.82, 2.24) is 0 Å². The summed E-state index contributed by atoms with van der Waals surface area (Å²) in [6.45, 7) is 17.2. The molecule has 0 rings (SSSR count). The molecular weight excluding hydrogens is 182 g/mol. The molecule has 0 aliphatic carbocycles. The molecule has 0 atom stereocenters. The number of allylic oxidation sites excluding steroid dienone is 3. The zero-order chi connectivity index (χ0) is 12.3. The molecule has 0 heterocycles. The largest absolute Gasteiger partial charge is 0.296 e. The van der Waals surface area contributed by atoms with Crippen LogP contribution < -0.4 is 0 Å². The molecular formula is C14H25N. The van der Waals surface area contributed by atoms with E-state index < -0.39 is 0 Å². The molecule has 1 heteroatoms. The summed E-state index contributed by atoms with van der Waals surface area (Å²) < 4.78 is 0. The van der Waals surface area contributed by atoms with Gasteiger partial charge in [0.2, 0.25) is 0 Å². The van der Waals surface area contributed by atoms with E-state index in [1.165, 1.54) is 11.1 Å². The molecule has 0 bridgehead atoms. The van der Waals surface area contributed by atoms with Crippen molar-refractivity contribution in [3.05, 3.63) is 23.8 Å². The highest BCUT2D eigenvalue weighted by Gasteiger charge is 2.24. The lowest BCUT2D eigenvalue weighted by atomic mass is 9.75. The number of nitrogens with zero attached hydrogens (tertiary/aromatic N) is 1. The first kappa shape index (κ1) is 14.2. The molecule has 0 aromatic rings. The lowest BCUT2D eigenvalue weighted by molar-refractivity contribution is 0.470. The van der Waals surface area contributed by atoms with Crippen molar-refractivity contribution in [2.45, 2.75) is 41.5 Å². The normalized spacial score (nSPS) is 15.4. The van der Waals surface area contributed by atoms with Gasteiger partial charge in [-0.3, -0.25) is 4.99 Å². The smallest absolute Gasteiger partial charge is 0.0277 e. The molecule has 15 heavy (non-hydrogen) atoms. The zero-order valence-corrected chi connectivity index (χ0v) is 11.3. The van der Waals surface area contributed by atoms with E-state index in [1.54, 1.807) is 0 Å². The number of aliphatic imine (C=N–C) groups is 1. The Balaban J connectivity index is 5.72. The topological polar surface area (TPSA) is 12.4 Å². The van der Waals surface area contributed by atoms with Crippen LogP contribution >= 0.6 is 0 Å². The van der Waals surface area contributed by atoms with Crippen LogP contribution in [0.4, 0.5) is 0 Å². The van der Waals surface area contributed by atoms with Crippen LogP contribution in [0.5, 0.6) is 0 Å². The average Bonchev–Trinajstić information content (AvgIpc) is 2.00. The van der Waals surface area contributed by atoms with Gasteiger partial charge < -0.3 is 0 Å². The van der Waals surface area contributed by atoms with Crippen molar-refractivity contribution >= 4 is 6.21 Å². The van der Waals surface area contributed by atoms with Crippen LogP contribution in [-0.2, 0) is 0 Å². The molecule has 0 saturated heterocycles. The molecule has 0 amide bonds. The minimum atomic E-state index is 0.107. The first-order chi connectivity index (χ1) is 6.64. The van der Waals surface area contributed by atoms with Crippen LogP contribution in [0.1, 0.15) is 41.5 Å². The van der Waals surface area contributed by atoms with Crippen LogP contribution in [0.15, 0.2) is 28.8 Å². The average molecular weight is 207 g/mol. The van der Waals surface area contributed by atoms with Crippen LogP contribution in [0.3, 0.4) is 0 Å². The molecule has 86 valence electrons. The Morgan fingerprint density at radius 2 is 1.33 bits per heavy atom. The van der Waals surface area contributed by atoms with Gasteiger partial charge in [0.15, 0.2) is 0 Å². The monoisotopic (exact) mass is 207 g/mol. The summed E-state index contributed by atoms with van der Waals surface area (Å²) in [6.07, 6.45) is 3.92. The fourth-order valence-electron chi connectivity index (χ4n) is 1.62. The first-order valence-electron chi connectivity index (χ1n) is 5.44. The van der Waals surface area contributed by atoms with E-state index in [1.807, 2.05) is 19.3 Å². The third-order valence-electron chi connectivity index (χ3n) is 2.37. The Labute approximate surface area is 95.0 Å². The molecule has 0 aliphatic rings. The van der Waals surface area contributed by atoms with E-state index in [4.69, 9.17) is 0 Å². The molecule has 0 spiro atoms. The fraction of sp³-hybridized carbons (Fsp3) is 0.643. The van der Waals surface area contributed by atoms with Crippen LogP contribution in [0.25, 0.3) is 0 Å². The maximum Gasteiger partial charge on any atom is 0.0277 e. The Kier molecular flexibility index (Phi) is 4.51. The van der Waals surface area contributed by atoms with E-state index in [0.29, 0.717) is 0 Å². The van der Waals surface area contributed by atoms with Crippen molar-refractivity contribution in [2.75, 3.05) is 7.05 Å². The molecule has 0 unspecified atom stereocenters. The maximum atomic E-state index is 4.15. The molecule has 0 fully saturated rings.